The van der Waals surface area contributed by atoms with Crippen molar-refractivity contribution in [3.8, 4) is 0 Å². The first-order chi connectivity index (χ1) is 9.04. The number of nitrogens with two attached hydrogens (primary N) is 1. The lowest BCUT2D eigenvalue weighted by atomic mass is 9.95. The van der Waals surface area contributed by atoms with Crippen LogP contribution in [0.25, 0.3) is 0 Å². The van der Waals surface area contributed by atoms with Crippen molar-refractivity contribution in [2.24, 2.45) is 5.84 Å². The molecule has 5 heteroatoms. The Kier molecular flexibility index (Phi) is 4.14. The van der Waals surface area contributed by atoms with Crippen LogP contribution >= 0.6 is 11.6 Å². The molecule has 100 valence electrons. The average Bonchev–Trinajstić information content (AvgIpc) is 2.37. The van der Waals surface area contributed by atoms with Crippen LogP contribution in [0.4, 0.5) is 8.78 Å². The van der Waals surface area contributed by atoms with E-state index < -0.39 is 11.9 Å². The quantitative estimate of drug-likeness (QED) is 0.668. The van der Waals surface area contributed by atoms with Crippen LogP contribution in [0.5, 0.6) is 0 Å². The van der Waals surface area contributed by atoms with Crippen molar-refractivity contribution < 1.29 is 8.78 Å². The van der Waals surface area contributed by atoms with Crippen molar-refractivity contribution in [1.29, 1.82) is 0 Å². The molecule has 1 unspecified atom stereocenters. The smallest absolute Gasteiger partial charge is 0.146 e. The fourth-order valence-electron chi connectivity index (χ4n) is 2.05. The van der Waals surface area contributed by atoms with E-state index >= 15 is 0 Å². The third-order valence-electron chi connectivity index (χ3n) is 3.00. The van der Waals surface area contributed by atoms with Crippen molar-refractivity contribution in [3.05, 3.63) is 69.7 Å². The van der Waals surface area contributed by atoms with Gasteiger partial charge in [-0.05, 0) is 36.2 Å². The molecule has 0 heterocycles. The molecule has 2 nitrogen and oxygen atoms in total. The molecule has 0 aliphatic heterocycles. The highest BCUT2D eigenvalue weighted by Crippen LogP contribution is 2.29. The van der Waals surface area contributed by atoms with E-state index in [0.717, 1.165) is 0 Å². The highest BCUT2D eigenvalue weighted by molar-refractivity contribution is 6.30. The standard InChI is InChI=1S/C14H13ClF2N2/c1-8-7-9(16)5-6-10(8)14(19-18)11-3-2-4-12(15)13(11)17/h2-7,14,19H,18H2,1H3. The van der Waals surface area contributed by atoms with E-state index in [1.807, 2.05) is 0 Å². The first-order valence-electron chi connectivity index (χ1n) is 5.70. The summed E-state index contributed by atoms with van der Waals surface area (Å²) < 4.78 is 27.1. The molecule has 2 aromatic carbocycles. The second kappa shape index (κ2) is 5.65. The molecule has 2 rings (SSSR count). The van der Waals surface area contributed by atoms with Gasteiger partial charge < -0.3 is 0 Å². The average molecular weight is 283 g/mol. The number of halogens is 3. The molecule has 0 bridgehead atoms. The molecular weight excluding hydrogens is 270 g/mol. The molecule has 19 heavy (non-hydrogen) atoms. The molecule has 0 radical (unpaired) electrons. The molecule has 0 saturated heterocycles. The molecule has 3 N–H and O–H groups in total. The van der Waals surface area contributed by atoms with Crippen LogP contribution in [-0.4, -0.2) is 0 Å². The first-order valence-corrected chi connectivity index (χ1v) is 6.08. The van der Waals surface area contributed by atoms with Crippen molar-refractivity contribution in [1.82, 2.24) is 5.43 Å². The van der Waals surface area contributed by atoms with Crippen LogP contribution in [0.15, 0.2) is 36.4 Å². The minimum absolute atomic E-state index is 0.0255. The maximum Gasteiger partial charge on any atom is 0.146 e. The summed E-state index contributed by atoms with van der Waals surface area (Å²) >= 11 is 5.76. The molecule has 0 spiro atoms. The fraction of sp³-hybridized carbons (Fsp3) is 0.143. The maximum atomic E-state index is 14.0. The predicted molar refractivity (Wildman–Crippen MR) is 71.7 cm³/mol. The van der Waals surface area contributed by atoms with Crippen LogP contribution in [0.1, 0.15) is 22.7 Å². The summed E-state index contributed by atoms with van der Waals surface area (Å²) in [6.45, 7) is 1.74. The minimum Gasteiger partial charge on any atom is -0.271 e. The highest BCUT2D eigenvalue weighted by atomic mass is 35.5. The Labute approximate surface area is 115 Å². The number of hydrogen-bond acceptors (Lipinski definition) is 2. The van der Waals surface area contributed by atoms with Crippen LogP contribution < -0.4 is 11.3 Å². The van der Waals surface area contributed by atoms with Gasteiger partial charge in [0.2, 0.25) is 0 Å². The van der Waals surface area contributed by atoms with E-state index in [-0.39, 0.29) is 10.8 Å². The molecule has 0 saturated carbocycles. The Morgan fingerprint density at radius 1 is 1.16 bits per heavy atom. The summed E-state index contributed by atoms with van der Waals surface area (Å²) in [5, 5.41) is 0.0255. The molecular formula is C14H13ClF2N2. The zero-order chi connectivity index (χ0) is 14.0. The summed E-state index contributed by atoms with van der Waals surface area (Å²) in [5.41, 5.74) is 4.25. The molecule has 0 amide bonds. The topological polar surface area (TPSA) is 38.0 Å². The summed E-state index contributed by atoms with van der Waals surface area (Å²) in [6, 6.07) is 8.39. The van der Waals surface area contributed by atoms with Crippen LogP contribution in [0, 0.1) is 18.6 Å². The van der Waals surface area contributed by atoms with E-state index in [1.165, 1.54) is 18.2 Å². The fourth-order valence-corrected chi connectivity index (χ4v) is 2.24. The normalized spacial score (nSPS) is 12.5. The van der Waals surface area contributed by atoms with Gasteiger partial charge in [0.15, 0.2) is 0 Å². The van der Waals surface area contributed by atoms with Gasteiger partial charge in [-0.1, -0.05) is 29.8 Å². The number of hydrazine groups is 1. The lowest BCUT2D eigenvalue weighted by Crippen LogP contribution is -2.30. The summed E-state index contributed by atoms with van der Waals surface area (Å²) in [7, 11) is 0. The van der Waals surface area contributed by atoms with E-state index in [1.54, 1.807) is 25.1 Å². The minimum atomic E-state index is -0.584. The van der Waals surface area contributed by atoms with E-state index in [2.05, 4.69) is 5.43 Å². The Bertz CT molecular complexity index is 602. The lowest BCUT2D eigenvalue weighted by molar-refractivity contribution is 0.557. The molecule has 0 fully saturated rings. The van der Waals surface area contributed by atoms with Gasteiger partial charge in [0.05, 0.1) is 11.1 Å². The van der Waals surface area contributed by atoms with E-state index in [9.17, 15) is 8.78 Å². The van der Waals surface area contributed by atoms with Crippen molar-refractivity contribution in [2.75, 3.05) is 0 Å². The first kappa shape index (κ1) is 13.9. The third kappa shape index (κ3) is 2.76. The van der Waals surface area contributed by atoms with Crippen molar-refractivity contribution in [2.45, 2.75) is 13.0 Å². The lowest BCUT2D eigenvalue weighted by Gasteiger charge is -2.20. The van der Waals surface area contributed by atoms with Crippen LogP contribution in [0.3, 0.4) is 0 Å². The second-order valence-corrected chi connectivity index (χ2v) is 4.65. The second-order valence-electron chi connectivity index (χ2n) is 4.24. The van der Waals surface area contributed by atoms with Gasteiger partial charge in [-0.15, -0.1) is 0 Å². The maximum absolute atomic E-state index is 14.0. The zero-order valence-corrected chi connectivity index (χ0v) is 11.0. The summed E-state index contributed by atoms with van der Waals surface area (Å²) in [6.07, 6.45) is 0. The van der Waals surface area contributed by atoms with E-state index in [4.69, 9.17) is 17.4 Å². The zero-order valence-electron chi connectivity index (χ0n) is 10.3. The Morgan fingerprint density at radius 2 is 1.89 bits per heavy atom. The van der Waals surface area contributed by atoms with Crippen LogP contribution in [0.2, 0.25) is 5.02 Å². The number of nitrogens with one attached hydrogen (secondary N) is 1. The summed E-state index contributed by atoms with van der Waals surface area (Å²) in [4.78, 5) is 0. The van der Waals surface area contributed by atoms with Gasteiger partial charge in [0.1, 0.15) is 11.6 Å². The van der Waals surface area contributed by atoms with E-state index in [0.29, 0.717) is 16.7 Å². The Balaban J connectivity index is 2.53. The summed E-state index contributed by atoms with van der Waals surface area (Å²) in [5.74, 6) is 4.63. The van der Waals surface area contributed by atoms with Crippen molar-refractivity contribution >= 4 is 11.6 Å². The molecule has 0 aliphatic carbocycles. The molecule has 1 atom stereocenters. The Morgan fingerprint density at radius 3 is 2.53 bits per heavy atom. The Hall–Kier alpha value is -1.49. The molecule has 0 aliphatic rings. The molecule has 2 aromatic rings. The van der Waals surface area contributed by atoms with Gasteiger partial charge in [-0.3, -0.25) is 5.84 Å². The highest BCUT2D eigenvalue weighted by Gasteiger charge is 2.19. The monoisotopic (exact) mass is 282 g/mol. The largest absolute Gasteiger partial charge is 0.271 e. The number of hydrogen-bond donors (Lipinski definition) is 2. The van der Waals surface area contributed by atoms with Crippen LogP contribution in [-0.2, 0) is 0 Å². The van der Waals surface area contributed by atoms with Gasteiger partial charge >= 0.3 is 0 Å². The van der Waals surface area contributed by atoms with Gasteiger partial charge in [-0.25, -0.2) is 14.2 Å². The number of aryl methyl sites for hydroxylation is 1. The number of benzene rings is 2. The third-order valence-corrected chi connectivity index (χ3v) is 3.29. The number of rotatable bonds is 3. The van der Waals surface area contributed by atoms with Gasteiger partial charge in [0, 0.05) is 5.56 Å². The van der Waals surface area contributed by atoms with Gasteiger partial charge in [0.25, 0.3) is 0 Å². The van der Waals surface area contributed by atoms with Gasteiger partial charge in [-0.2, -0.15) is 0 Å². The van der Waals surface area contributed by atoms with Crippen molar-refractivity contribution in [3.63, 3.8) is 0 Å². The molecule has 0 aromatic heterocycles. The SMILES string of the molecule is Cc1cc(F)ccc1C(NN)c1cccc(Cl)c1F. The predicted octanol–water partition coefficient (Wildman–Crippen LogP) is 3.48.